The summed E-state index contributed by atoms with van der Waals surface area (Å²) in [5.41, 5.74) is 1.74. The minimum Gasteiger partial charge on any atom is -0.497 e. The molecule has 0 fully saturated rings. The minimum absolute atomic E-state index is 0.306. The molecule has 6 nitrogen and oxygen atoms in total. The van der Waals surface area contributed by atoms with Crippen LogP contribution in [0.15, 0.2) is 59.8 Å². The number of thioether (sulfide) groups is 1. The molecule has 0 spiro atoms. The first-order valence-electron chi connectivity index (χ1n) is 8.16. The lowest BCUT2D eigenvalue weighted by molar-refractivity contribution is -0.142. The van der Waals surface area contributed by atoms with Crippen molar-refractivity contribution < 1.29 is 14.3 Å². The molecule has 0 saturated heterocycles. The zero-order valence-electron chi connectivity index (χ0n) is 14.5. The number of aromatic amines is 1. The number of esters is 1. The zero-order chi connectivity index (χ0) is 18.4. The van der Waals surface area contributed by atoms with Gasteiger partial charge in [0, 0.05) is 5.56 Å². The molecule has 0 aliphatic carbocycles. The third-order valence-electron chi connectivity index (χ3n) is 3.65. The molecule has 0 aliphatic heterocycles. The average Bonchev–Trinajstić information content (AvgIpc) is 3.16. The summed E-state index contributed by atoms with van der Waals surface area (Å²) < 4.78 is 10.4. The van der Waals surface area contributed by atoms with Crippen molar-refractivity contribution in [2.24, 2.45) is 0 Å². The van der Waals surface area contributed by atoms with Crippen LogP contribution in [0.2, 0.25) is 0 Å². The first-order valence-corrected chi connectivity index (χ1v) is 9.04. The highest BCUT2D eigenvalue weighted by atomic mass is 32.2. The van der Waals surface area contributed by atoms with Gasteiger partial charge in [0.05, 0.1) is 13.7 Å². The summed E-state index contributed by atoms with van der Waals surface area (Å²) in [6.45, 7) is 2.12. The summed E-state index contributed by atoms with van der Waals surface area (Å²) >= 11 is 1.26. The molecule has 1 atom stereocenters. The number of aromatic nitrogens is 3. The van der Waals surface area contributed by atoms with Gasteiger partial charge in [0.2, 0.25) is 5.16 Å². The number of hydrogen-bond acceptors (Lipinski definition) is 6. The highest BCUT2D eigenvalue weighted by Crippen LogP contribution is 2.35. The van der Waals surface area contributed by atoms with Crippen LogP contribution in [-0.2, 0) is 9.53 Å². The molecule has 3 rings (SSSR count). The van der Waals surface area contributed by atoms with Crippen molar-refractivity contribution in [3.8, 4) is 17.1 Å². The van der Waals surface area contributed by atoms with Gasteiger partial charge < -0.3 is 9.47 Å². The molecule has 0 unspecified atom stereocenters. The lowest BCUT2D eigenvalue weighted by Crippen LogP contribution is -2.13. The number of hydrogen-bond donors (Lipinski definition) is 1. The molecule has 0 bridgehead atoms. The molecule has 0 radical (unpaired) electrons. The van der Waals surface area contributed by atoms with Crippen LogP contribution in [0.4, 0.5) is 0 Å². The third kappa shape index (κ3) is 4.23. The number of rotatable bonds is 7. The monoisotopic (exact) mass is 369 g/mol. The van der Waals surface area contributed by atoms with E-state index in [2.05, 4.69) is 15.2 Å². The Labute approximate surface area is 155 Å². The lowest BCUT2D eigenvalue weighted by Gasteiger charge is -2.13. The van der Waals surface area contributed by atoms with Crippen molar-refractivity contribution in [2.45, 2.75) is 17.3 Å². The van der Waals surface area contributed by atoms with Crippen molar-refractivity contribution in [1.82, 2.24) is 15.2 Å². The van der Waals surface area contributed by atoms with Crippen LogP contribution in [0.5, 0.6) is 5.75 Å². The Balaban J connectivity index is 1.81. The van der Waals surface area contributed by atoms with Gasteiger partial charge in [0.15, 0.2) is 5.82 Å². The predicted octanol–water partition coefficient (Wildman–Crippen LogP) is 3.88. The van der Waals surface area contributed by atoms with E-state index < -0.39 is 5.25 Å². The van der Waals surface area contributed by atoms with E-state index in [0.717, 1.165) is 16.9 Å². The molecule has 1 heterocycles. The minimum atomic E-state index is -0.518. The van der Waals surface area contributed by atoms with E-state index in [1.165, 1.54) is 11.8 Å². The van der Waals surface area contributed by atoms with E-state index >= 15 is 0 Å². The largest absolute Gasteiger partial charge is 0.497 e. The maximum absolute atomic E-state index is 12.4. The number of methoxy groups -OCH3 is 1. The highest BCUT2D eigenvalue weighted by molar-refractivity contribution is 8.00. The van der Waals surface area contributed by atoms with Crippen LogP contribution >= 0.6 is 11.8 Å². The molecule has 26 heavy (non-hydrogen) atoms. The molecular formula is C19H19N3O3S. The number of ether oxygens (including phenoxy) is 2. The van der Waals surface area contributed by atoms with Gasteiger partial charge in [0.25, 0.3) is 0 Å². The third-order valence-corrected chi connectivity index (χ3v) is 4.75. The van der Waals surface area contributed by atoms with Gasteiger partial charge in [-0.2, -0.15) is 0 Å². The van der Waals surface area contributed by atoms with E-state index in [4.69, 9.17) is 9.47 Å². The fraction of sp³-hybridized carbons (Fsp3) is 0.211. The first kappa shape index (κ1) is 18.0. The van der Waals surface area contributed by atoms with Gasteiger partial charge in [-0.15, -0.1) is 5.10 Å². The van der Waals surface area contributed by atoms with Gasteiger partial charge in [-0.05, 0) is 36.8 Å². The Morgan fingerprint density at radius 1 is 1.15 bits per heavy atom. The Morgan fingerprint density at radius 3 is 2.54 bits per heavy atom. The van der Waals surface area contributed by atoms with Crippen LogP contribution in [0.25, 0.3) is 11.4 Å². The summed E-state index contributed by atoms with van der Waals surface area (Å²) in [4.78, 5) is 16.9. The summed E-state index contributed by atoms with van der Waals surface area (Å²) in [5, 5.41) is 7.11. The van der Waals surface area contributed by atoms with E-state index in [9.17, 15) is 4.79 Å². The highest BCUT2D eigenvalue weighted by Gasteiger charge is 2.25. The van der Waals surface area contributed by atoms with Crippen molar-refractivity contribution in [3.05, 3.63) is 60.2 Å². The number of benzene rings is 2. The van der Waals surface area contributed by atoms with Crippen LogP contribution in [0.1, 0.15) is 17.7 Å². The maximum Gasteiger partial charge on any atom is 0.324 e. The summed E-state index contributed by atoms with van der Waals surface area (Å²) in [7, 11) is 1.62. The van der Waals surface area contributed by atoms with Crippen LogP contribution < -0.4 is 4.74 Å². The van der Waals surface area contributed by atoms with Gasteiger partial charge in [-0.3, -0.25) is 9.89 Å². The molecule has 1 N–H and O–H groups in total. The lowest BCUT2D eigenvalue weighted by atomic mass is 10.1. The van der Waals surface area contributed by atoms with Gasteiger partial charge >= 0.3 is 5.97 Å². The molecule has 0 saturated carbocycles. The Bertz CT molecular complexity index is 850. The Hall–Kier alpha value is -2.80. The van der Waals surface area contributed by atoms with E-state index in [1.807, 2.05) is 54.6 Å². The van der Waals surface area contributed by atoms with Gasteiger partial charge in [0.1, 0.15) is 11.0 Å². The molecular weight excluding hydrogens is 350 g/mol. The van der Waals surface area contributed by atoms with Crippen molar-refractivity contribution >= 4 is 17.7 Å². The molecule has 0 aliphatic rings. The second-order valence-electron chi connectivity index (χ2n) is 5.36. The predicted molar refractivity (Wildman–Crippen MR) is 100 cm³/mol. The molecule has 2 aromatic carbocycles. The van der Waals surface area contributed by atoms with Crippen molar-refractivity contribution in [1.29, 1.82) is 0 Å². The Morgan fingerprint density at radius 2 is 1.88 bits per heavy atom. The van der Waals surface area contributed by atoms with Crippen molar-refractivity contribution in [2.75, 3.05) is 13.7 Å². The maximum atomic E-state index is 12.4. The number of carbonyl (C=O) groups is 1. The molecule has 134 valence electrons. The van der Waals surface area contributed by atoms with Gasteiger partial charge in [-0.25, -0.2) is 4.98 Å². The molecule has 1 aromatic heterocycles. The van der Waals surface area contributed by atoms with Crippen molar-refractivity contribution in [3.63, 3.8) is 0 Å². The average molecular weight is 369 g/mol. The molecule has 7 heteroatoms. The summed E-state index contributed by atoms with van der Waals surface area (Å²) in [6, 6.07) is 17.0. The topological polar surface area (TPSA) is 77.1 Å². The van der Waals surface area contributed by atoms with E-state index in [1.54, 1.807) is 14.0 Å². The standard InChI is InChI=1S/C19H19N3O3S/c1-3-25-18(23)16(13-7-5-4-6-8-13)26-19-20-17(21-22-19)14-9-11-15(24-2)12-10-14/h4-12,16H,3H2,1-2H3,(H,20,21,22)/t16-/m1/s1. The van der Waals surface area contributed by atoms with Crippen LogP contribution in [0, 0.1) is 0 Å². The van der Waals surface area contributed by atoms with Crippen LogP contribution in [-0.4, -0.2) is 34.9 Å². The summed E-state index contributed by atoms with van der Waals surface area (Å²) in [6.07, 6.45) is 0. The smallest absolute Gasteiger partial charge is 0.324 e. The normalized spacial score (nSPS) is 11.8. The molecule has 0 amide bonds. The first-order chi connectivity index (χ1) is 12.7. The second-order valence-corrected chi connectivity index (χ2v) is 6.43. The van der Waals surface area contributed by atoms with Gasteiger partial charge in [-0.1, -0.05) is 42.1 Å². The Kier molecular flexibility index (Phi) is 5.91. The number of nitrogens with one attached hydrogen (secondary N) is 1. The summed E-state index contributed by atoms with van der Waals surface area (Å²) in [5.74, 6) is 1.10. The number of nitrogens with zero attached hydrogens (tertiary/aromatic N) is 2. The van der Waals surface area contributed by atoms with Crippen LogP contribution in [0.3, 0.4) is 0 Å². The fourth-order valence-electron chi connectivity index (χ4n) is 2.38. The number of carbonyl (C=O) groups excluding carboxylic acids is 1. The fourth-order valence-corrected chi connectivity index (χ4v) is 3.29. The van der Waals surface area contributed by atoms with E-state index in [-0.39, 0.29) is 5.97 Å². The molecule has 3 aromatic rings. The number of H-pyrrole nitrogens is 1. The van der Waals surface area contributed by atoms with E-state index in [0.29, 0.717) is 17.6 Å². The second kappa shape index (κ2) is 8.53. The quantitative estimate of drug-likeness (QED) is 0.503. The zero-order valence-corrected chi connectivity index (χ0v) is 15.3. The SMILES string of the molecule is CCOC(=O)[C@H](Sc1n[nH]c(-c2ccc(OC)cc2)n1)c1ccccc1.